The molecule has 4 aromatic rings. The summed E-state index contributed by atoms with van der Waals surface area (Å²) in [5.74, 6) is -0.104. The molecule has 0 amide bonds. The second-order valence-electron chi connectivity index (χ2n) is 8.97. The third-order valence-electron chi connectivity index (χ3n) is 6.42. The molecule has 2 heterocycles. The van der Waals surface area contributed by atoms with Crippen molar-refractivity contribution in [2.24, 2.45) is 10.2 Å². The number of halogens is 1. The molecule has 6 rings (SSSR count). The van der Waals surface area contributed by atoms with Gasteiger partial charge in [0.2, 0.25) is 4.99 Å². The normalized spacial score (nSPS) is 18.5. The number of ketones is 1. The van der Waals surface area contributed by atoms with E-state index in [1.165, 1.54) is 17.3 Å². The van der Waals surface area contributed by atoms with Gasteiger partial charge in [-0.3, -0.25) is 4.79 Å². The summed E-state index contributed by atoms with van der Waals surface area (Å²) in [7, 11) is 0. The van der Waals surface area contributed by atoms with Crippen molar-refractivity contribution in [3.63, 3.8) is 0 Å². The van der Waals surface area contributed by atoms with Crippen LogP contribution in [0, 0.1) is 6.92 Å². The molecule has 0 radical (unpaired) electrons. The van der Waals surface area contributed by atoms with Gasteiger partial charge in [-0.1, -0.05) is 90.0 Å². The molecule has 0 aliphatic carbocycles. The van der Waals surface area contributed by atoms with Crippen LogP contribution in [0.25, 0.3) is 0 Å². The highest BCUT2D eigenvalue weighted by atomic mass is 35.5. The second kappa shape index (κ2) is 9.21. The van der Waals surface area contributed by atoms with E-state index in [1.54, 1.807) is 6.92 Å². The van der Waals surface area contributed by atoms with Gasteiger partial charge in [0.1, 0.15) is 0 Å². The van der Waals surface area contributed by atoms with Crippen LogP contribution >= 0.6 is 23.4 Å². The van der Waals surface area contributed by atoms with Crippen molar-refractivity contribution in [2.45, 2.75) is 18.8 Å². The van der Waals surface area contributed by atoms with Crippen LogP contribution < -0.4 is 10.0 Å². The number of thioether (sulfide) groups is 1. The fourth-order valence-electron chi connectivity index (χ4n) is 4.68. The van der Waals surface area contributed by atoms with Crippen LogP contribution in [0.2, 0.25) is 5.02 Å². The Bertz CT molecular complexity index is 1570. The maximum atomic E-state index is 12.7. The zero-order valence-electron chi connectivity index (χ0n) is 20.3. The van der Waals surface area contributed by atoms with E-state index in [4.69, 9.17) is 21.8 Å². The zero-order valence-corrected chi connectivity index (χ0v) is 21.9. The predicted molar refractivity (Wildman–Crippen MR) is 153 cm³/mol. The van der Waals surface area contributed by atoms with Crippen molar-refractivity contribution in [2.75, 3.05) is 10.0 Å². The Labute approximate surface area is 225 Å². The van der Waals surface area contributed by atoms with Crippen molar-refractivity contribution in [3.05, 3.63) is 130 Å². The lowest BCUT2D eigenvalue weighted by molar-refractivity contribution is -0.110. The average molecular weight is 523 g/mol. The molecular formula is C30H23ClN4OS. The standard InChI is InChI=1S/C30H23ClN4OS/c1-20-15-17-22(18-16-20)28-26-13-6-7-14-27(26)30(34(32-28)24-10-4-3-5-11-24)35(33-29(37-30)21(2)36)25-12-8-9-23(31)19-25/h3-19H,1-2H3. The molecule has 2 aliphatic heterocycles. The Hall–Kier alpha value is -3.87. The molecule has 0 saturated heterocycles. The van der Waals surface area contributed by atoms with Gasteiger partial charge in [0.25, 0.3) is 0 Å². The van der Waals surface area contributed by atoms with Crippen molar-refractivity contribution in [1.29, 1.82) is 0 Å². The van der Waals surface area contributed by atoms with Gasteiger partial charge < -0.3 is 0 Å². The molecule has 37 heavy (non-hydrogen) atoms. The molecule has 0 fully saturated rings. The molecule has 1 atom stereocenters. The number of carbonyl (C=O) groups excluding carboxylic acids is 1. The molecule has 1 spiro atoms. The van der Waals surface area contributed by atoms with Crippen LogP contribution in [-0.2, 0) is 9.79 Å². The van der Waals surface area contributed by atoms with E-state index >= 15 is 0 Å². The number of Topliss-reactive ketones (excluding diaryl/α,β-unsaturated/α-hetero) is 1. The number of carbonyl (C=O) groups is 1. The number of para-hydroxylation sites is 1. The number of hydrogen-bond donors (Lipinski definition) is 0. The van der Waals surface area contributed by atoms with Crippen LogP contribution in [0.15, 0.2) is 113 Å². The Balaban J connectivity index is 1.66. The van der Waals surface area contributed by atoms with Gasteiger partial charge in [0.15, 0.2) is 10.8 Å². The first-order valence-corrected chi connectivity index (χ1v) is 13.1. The SMILES string of the molecule is CC(=O)C1=NN(c2cccc(Cl)c2)C2(S1)c1ccccc1C(c1ccc(C)cc1)=NN2c1ccccc1. The summed E-state index contributed by atoms with van der Waals surface area (Å²) in [5.41, 5.74) is 6.66. The first-order valence-electron chi connectivity index (χ1n) is 11.9. The van der Waals surface area contributed by atoms with E-state index in [1.807, 2.05) is 76.7 Å². The van der Waals surface area contributed by atoms with Gasteiger partial charge >= 0.3 is 0 Å². The average Bonchev–Trinajstić information content (AvgIpc) is 3.32. The van der Waals surface area contributed by atoms with Crippen LogP contribution in [0.1, 0.15) is 29.2 Å². The predicted octanol–water partition coefficient (Wildman–Crippen LogP) is 7.19. The minimum absolute atomic E-state index is 0.104. The third-order valence-corrected chi connectivity index (χ3v) is 8.06. The van der Waals surface area contributed by atoms with Crippen LogP contribution in [-0.4, -0.2) is 16.5 Å². The van der Waals surface area contributed by atoms with Gasteiger partial charge in [-0.05, 0) is 49.0 Å². The molecule has 1 unspecified atom stereocenters. The molecule has 182 valence electrons. The molecule has 4 aromatic carbocycles. The number of rotatable bonds is 4. The molecule has 0 saturated carbocycles. The quantitative estimate of drug-likeness (QED) is 0.284. The van der Waals surface area contributed by atoms with Gasteiger partial charge in [0.05, 0.1) is 17.1 Å². The van der Waals surface area contributed by atoms with E-state index in [0.717, 1.165) is 33.8 Å². The third kappa shape index (κ3) is 3.93. The molecule has 2 aliphatic rings. The van der Waals surface area contributed by atoms with Gasteiger partial charge in [-0.15, -0.1) is 0 Å². The topological polar surface area (TPSA) is 48.3 Å². The Morgan fingerprint density at radius 2 is 1.49 bits per heavy atom. The smallest absolute Gasteiger partial charge is 0.234 e. The molecule has 0 N–H and O–H groups in total. The summed E-state index contributed by atoms with van der Waals surface area (Å²) < 4.78 is 0. The highest BCUT2D eigenvalue weighted by molar-refractivity contribution is 8.17. The highest BCUT2D eigenvalue weighted by Crippen LogP contribution is 2.55. The summed E-state index contributed by atoms with van der Waals surface area (Å²) in [6, 6.07) is 34.1. The summed E-state index contributed by atoms with van der Waals surface area (Å²) in [6.45, 7) is 3.62. The molecule has 0 bridgehead atoms. The van der Waals surface area contributed by atoms with Crippen LogP contribution in [0.4, 0.5) is 11.4 Å². The lowest BCUT2D eigenvalue weighted by Crippen LogP contribution is -2.54. The summed E-state index contributed by atoms with van der Waals surface area (Å²) >= 11 is 7.83. The van der Waals surface area contributed by atoms with E-state index in [-0.39, 0.29) is 5.78 Å². The zero-order chi connectivity index (χ0) is 25.6. The molecule has 7 heteroatoms. The Morgan fingerprint density at radius 1 is 0.811 bits per heavy atom. The van der Waals surface area contributed by atoms with Crippen molar-refractivity contribution in [3.8, 4) is 0 Å². The van der Waals surface area contributed by atoms with E-state index in [0.29, 0.717) is 10.1 Å². The Kier molecular flexibility index (Phi) is 5.86. The summed E-state index contributed by atoms with van der Waals surface area (Å²) in [4.78, 5) is 11.7. The maximum Gasteiger partial charge on any atom is 0.234 e. The first-order chi connectivity index (χ1) is 18.0. The summed E-state index contributed by atoms with van der Waals surface area (Å²) in [6.07, 6.45) is 0. The number of hydrogen-bond acceptors (Lipinski definition) is 6. The number of benzene rings is 4. The van der Waals surface area contributed by atoms with Gasteiger partial charge in [-0.2, -0.15) is 10.2 Å². The first kappa shape index (κ1) is 23.5. The fraction of sp³-hybridized carbons (Fsp3) is 0.100. The van der Waals surface area contributed by atoms with Gasteiger partial charge in [-0.25, -0.2) is 10.0 Å². The van der Waals surface area contributed by atoms with Crippen LogP contribution in [0.3, 0.4) is 0 Å². The lowest BCUT2D eigenvalue weighted by atomic mass is 9.93. The molecular weight excluding hydrogens is 500 g/mol. The monoisotopic (exact) mass is 522 g/mol. The van der Waals surface area contributed by atoms with Crippen molar-refractivity contribution < 1.29 is 4.79 Å². The maximum absolute atomic E-state index is 12.7. The van der Waals surface area contributed by atoms with E-state index in [9.17, 15) is 4.79 Å². The Morgan fingerprint density at radius 3 is 2.22 bits per heavy atom. The lowest BCUT2D eigenvalue weighted by Gasteiger charge is -2.47. The molecule has 0 aromatic heterocycles. The number of aryl methyl sites for hydroxylation is 1. The minimum Gasteiger partial charge on any atom is -0.292 e. The van der Waals surface area contributed by atoms with Crippen molar-refractivity contribution >= 4 is 51.3 Å². The van der Waals surface area contributed by atoms with E-state index < -0.39 is 4.99 Å². The highest BCUT2D eigenvalue weighted by Gasteiger charge is 2.55. The minimum atomic E-state index is -0.988. The number of hydrazone groups is 2. The largest absolute Gasteiger partial charge is 0.292 e. The molecule has 5 nitrogen and oxygen atoms in total. The fourth-order valence-corrected chi connectivity index (χ4v) is 6.15. The van der Waals surface area contributed by atoms with Crippen molar-refractivity contribution in [1.82, 2.24) is 0 Å². The van der Waals surface area contributed by atoms with E-state index in [2.05, 4.69) is 43.3 Å². The van der Waals surface area contributed by atoms with Gasteiger partial charge in [0, 0.05) is 28.6 Å². The number of anilines is 2. The number of fused-ring (bicyclic) bond motifs is 2. The summed E-state index contributed by atoms with van der Waals surface area (Å²) in [5, 5.41) is 15.0. The number of nitrogens with zero attached hydrogens (tertiary/aromatic N) is 4. The second-order valence-corrected chi connectivity index (χ2v) is 10.6. The van der Waals surface area contributed by atoms with Crippen LogP contribution in [0.5, 0.6) is 0 Å².